The molecule has 6 heteroatoms. The van der Waals surface area contributed by atoms with Gasteiger partial charge >= 0.3 is 0 Å². The quantitative estimate of drug-likeness (QED) is 0.244. The predicted molar refractivity (Wildman–Crippen MR) is 23.4 cm³/mol. The van der Waals surface area contributed by atoms with Crippen LogP contribution in [0.25, 0.3) is 0 Å². The smallest absolute Gasteiger partial charge is 0.291 e. The molecule has 0 bridgehead atoms. The summed E-state index contributed by atoms with van der Waals surface area (Å²) in [7, 11) is 0. The van der Waals surface area contributed by atoms with Crippen LogP contribution < -0.4 is 5.73 Å². The topological polar surface area (TPSA) is 113 Å². The molecule has 0 aliphatic carbocycles. The Hall–Kier alpha value is -1.35. The fourth-order valence-corrected chi connectivity index (χ4v) is 0. The molecule has 0 saturated carbocycles. The van der Waals surface area contributed by atoms with Gasteiger partial charge in [0.05, 0.1) is 12.6 Å². The fourth-order valence-electron chi connectivity index (χ4n) is 0. The van der Waals surface area contributed by atoms with Crippen LogP contribution in [0.3, 0.4) is 0 Å². The molecule has 0 spiro atoms. The minimum Gasteiger partial charge on any atom is -0.328 e. The third kappa shape index (κ3) is 506. The second-order valence-electron chi connectivity index (χ2n) is 0.600. The van der Waals surface area contributed by atoms with Crippen LogP contribution in [0.4, 0.5) is 0 Å². The Morgan fingerprint density at radius 2 is 2.12 bits per heavy atom. The van der Waals surface area contributed by atoms with Crippen LogP contribution in [0.15, 0.2) is 0 Å². The third-order valence-corrected chi connectivity index (χ3v) is 0.0913. The Balaban J connectivity index is 0. The van der Waals surface area contributed by atoms with Crippen molar-refractivity contribution in [3.8, 4) is 6.07 Å². The molecular weight excluding hydrogens is 114 g/mol. The van der Waals surface area contributed by atoms with Gasteiger partial charge in [-0.25, -0.2) is 0 Å². The van der Waals surface area contributed by atoms with Crippen molar-refractivity contribution in [1.29, 1.82) is 5.26 Å². The summed E-state index contributed by atoms with van der Waals surface area (Å²) in [5.41, 5.74) is 4.67. The molecular formula is C2H5N3O3. The maximum absolute atomic E-state index is 8.36. The largest absolute Gasteiger partial charge is 0.328 e. The first-order chi connectivity index (χ1) is 3.65. The van der Waals surface area contributed by atoms with E-state index in [2.05, 4.69) is 5.73 Å². The molecule has 0 aromatic rings. The molecule has 0 fully saturated rings. The van der Waals surface area contributed by atoms with Crippen LogP contribution in [-0.2, 0) is 0 Å². The molecule has 0 aliphatic rings. The van der Waals surface area contributed by atoms with E-state index in [9.17, 15) is 0 Å². The summed E-state index contributed by atoms with van der Waals surface area (Å²) in [5, 5.41) is 21.1. The Labute approximate surface area is 45.2 Å². The van der Waals surface area contributed by atoms with Gasteiger partial charge in [0.1, 0.15) is 0 Å². The van der Waals surface area contributed by atoms with Gasteiger partial charge in [0.2, 0.25) is 0 Å². The van der Waals surface area contributed by atoms with E-state index in [0.29, 0.717) is 0 Å². The van der Waals surface area contributed by atoms with Gasteiger partial charge in [-0.2, -0.15) is 5.26 Å². The van der Waals surface area contributed by atoms with Crippen LogP contribution in [0.1, 0.15) is 0 Å². The van der Waals surface area contributed by atoms with Crippen molar-refractivity contribution in [3.63, 3.8) is 0 Å². The van der Waals surface area contributed by atoms with Crippen molar-refractivity contribution in [1.82, 2.24) is 0 Å². The zero-order valence-electron chi connectivity index (χ0n) is 3.94. The second kappa shape index (κ2) is 9.17. The van der Waals surface area contributed by atoms with E-state index in [1.165, 1.54) is 0 Å². The number of nitrogens with zero attached hydrogens (tertiary/aromatic N) is 2. The van der Waals surface area contributed by atoms with Crippen LogP contribution in [0.2, 0.25) is 0 Å². The molecule has 0 unspecified atom stereocenters. The zero-order chi connectivity index (χ0) is 6.99. The van der Waals surface area contributed by atoms with Crippen LogP contribution in [-0.4, -0.2) is 16.8 Å². The normalized spacial score (nSPS) is 5.50. The molecule has 0 saturated heterocycles. The van der Waals surface area contributed by atoms with E-state index in [-0.39, 0.29) is 6.54 Å². The van der Waals surface area contributed by atoms with E-state index in [1.807, 2.05) is 0 Å². The molecule has 0 aliphatic heterocycles. The van der Waals surface area contributed by atoms with Gasteiger partial charge in [0.15, 0.2) is 0 Å². The van der Waals surface area contributed by atoms with Gasteiger partial charge in [-0.05, 0) is 0 Å². The summed E-state index contributed by atoms with van der Waals surface area (Å²) in [6.07, 6.45) is 0. The molecule has 0 aromatic carbocycles. The van der Waals surface area contributed by atoms with Gasteiger partial charge < -0.3 is 10.9 Å². The van der Waals surface area contributed by atoms with E-state index < -0.39 is 5.09 Å². The molecule has 0 amide bonds. The lowest BCUT2D eigenvalue weighted by Crippen LogP contribution is -1.91. The Kier molecular flexibility index (Phi) is 11.3. The molecule has 0 radical (unpaired) electrons. The maximum atomic E-state index is 8.36. The molecule has 46 valence electrons. The monoisotopic (exact) mass is 119 g/mol. The lowest BCUT2D eigenvalue weighted by atomic mass is 10.8. The van der Waals surface area contributed by atoms with E-state index >= 15 is 0 Å². The van der Waals surface area contributed by atoms with Gasteiger partial charge in [0, 0.05) is 0 Å². The summed E-state index contributed by atoms with van der Waals surface area (Å²) >= 11 is 0. The first-order valence-corrected chi connectivity index (χ1v) is 1.55. The average Bonchev–Trinajstić information content (AvgIpc) is 1.65. The minimum atomic E-state index is -1.50. The summed E-state index contributed by atoms with van der Waals surface area (Å²) < 4.78 is 0. The Morgan fingerprint density at radius 3 is 2.12 bits per heavy atom. The third-order valence-electron chi connectivity index (χ3n) is 0.0913. The van der Waals surface area contributed by atoms with Crippen LogP contribution in [0.5, 0.6) is 0 Å². The van der Waals surface area contributed by atoms with Crippen LogP contribution in [0, 0.1) is 21.4 Å². The fraction of sp³-hybridized carbons (Fsp3) is 0.500. The summed E-state index contributed by atoms with van der Waals surface area (Å²) in [5.74, 6) is 0. The molecule has 0 aromatic heterocycles. The van der Waals surface area contributed by atoms with Gasteiger partial charge in [0.25, 0.3) is 5.09 Å². The number of hydrogen-bond acceptors (Lipinski definition) is 4. The molecule has 0 atom stereocenters. The maximum Gasteiger partial charge on any atom is 0.291 e. The highest BCUT2D eigenvalue weighted by molar-refractivity contribution is 4.67. The number of nitrogens with two attached hydrogens (primary N) is 1. The molecule has 8 heavy (non-hydrogen) atoms. The van der Waals surface area contributed by atoms with Crippen molar-refractivity contribution in [3.05, 3.63) is 10.1 Å². The molecule has 0 rings (SSSR count). The summed E-state index contributed by atoms with van der Waals surface area (Å²) in [6.45, 7) is 0.125. The van der Waals surface area contributed by atoms with E-state index in [1.54, 1.807) is 6.07 Å². The van der Waals surface area contributed by atoms with Crippen molar-refractivity contribution in [2.45, 2.75) is 0 Å². The van der Waals surface area contributed by atoms with Crippen molar-refractivity contribution < 1.29 is 10.3 Å². The van der Waals surface area contributed by atoms with Crippen molar-refractivity contribution in [2.24, 2.45) is 5.73 Å². The first kappa shape index (κ1) is 9.82. The molecule has 6 nitrogen and oxygen atoms in total. The average molecular weight is 119 g/mol. The SMILES string of the molecule is N#CCN.O=[N+]([O-])O. The standard InChI is InChI=1S/C2H4N2.HNO3/c3-1-2-4;2-1(3)4/h1,3H2;(H,2,3,4). The lowest BCUT2D eigenvalue weighted by molar-refractivity contribution is -0.742. The number of hydrogen-bond donors (Lipinski definition) is 2. The van der Waals surface area contributed by atoms with Gasteiger partial charge in [-0.1, -0.05) is 0 Å². The summed E-state index contributed by atoms with van der Waals surface area (Å²) in [6, 6.07) is 1.71. The van der Waals surface area contributed by atoms with Gasteiger partial charge in [-0.15, -0.1) is 10.1 Å². The number of nitriles is 1. The van der Waals surface area contributed by atoms with Crippen molar-refractivity contribution >= 4 is 0 Å². The minimum absolute atomic E-state index is 0.125. The first-order valence-electron chi connectivity index (χ1n) is 1.55. The molecule has 3 N–H and O–H groups in total. The number of rotatable bonds is 0. The van der Waals surface area contributed by atoms with Crippen LogP contribution >= 0.6 is 0 Å². The van der Waals surface area contributed by atoms with E-state index in [4.69, 9.17) is 20.6 Å². The Morgan fingerprint density at radius 1 is 2.00 bits per heavy atom. The summed E-state index contributed by atoms with van der Waals surface area (Å²) in [4.78, 5) is 8.36. The zero-order valence-corrected chi connectivity index (χ0v) is 3.94. The highest BCUT2D eigenvalue weighted by Gasteiger charge is 1.65. The predicted octanol–water partition coefficient (Wildman–Crippen LogP) is -0.879. The highest BCUT2D eigenvalue weighted by atomic mass is 16.9. The molecule has 0 heterocycles. The van der Waals surface area contributed by atoms with Crippen molar-refractivity contribution in [2.75, 3.05) is 6.54 Å². The van der Waals surface area contributed by atoms with Gasteiger partial charge in [-0.3, -0.25) is 0 Å². The van der Waals surface area contributed by atoms with E-state index in [0.717, 1.165) is 0 Å². The Bertz CT molecular complexity index is 91.2. The second-order valence-corrected chi connectivity index (χ2v) is 0.600. The highest BCUT2D eigenvalue weighted by Crippen LogP contribution is 1.38. The lowest BCUT2D eigenvalue weighted by Gasteiger charge is -1.56.